The van der Waals surface area contributed by atoms with Crippen LogP contribution in [-0.4, -0.2) is 40.5 Å². The minimum Gasteiger partial charge on any atom is -0.482 e. The molecule has 9 nitrogen and oxygen atoms in total. The normalized spacial score (nSPS) is 13.2. The van der Waals surface area contributed by atoms with Gasteiger partial charge in [-0.05, 0) is 31.2 Å². The quantitative estimate of drug-likeness (QED) is 0.499. The van der Waals surface area contributed by atoms with E-state index in [4.69, 9.17) is 4.74 Å². The topological polar surface area (TPSA) is 97.9 Å². The highest BCUT2D eigenvalue weighted by Gasteiger charge is 2.26. The monoisotopic (exact) mass is 419 g/mol. The van der Waals surface area contributed by atoms with Gasteiger partial charge in [0, 0.05) is 12.6 Å². The van der Waals surface area contributed by atoms with E-state index in [0.717, 1.165) is 5.69 Å². The molecule has 0 aliphatic carbocycles. The number of para-hydroxylation sites is 3. The Kier molecular flexibility index (Phi) is 5.40. The van der Waals surface area contributed by atoms with Crippen molar-refractivity contribution in [2.24, 2.45) is 12.1 Å². The van der Waals surface area contributed by atoms with Gasteiger partial charge in [-0.3, -0.25) is 24.0 Å². The number of hydrogen-bond donors (Lipinski definition) is 1. The van der Waals surface area contributed by atoms with Crippen LogP contribution < -0.4 is 20.6 Å². The summed E-state index contributed by atoms with van der Waals surface area (Å²) < 4.78 is 8.58. The van der Waals surface area contributed by atoms with Gasteiger partial charge in [0.2, 0.25) is 0 Å². The van der Waals surface area contributed by atoms with Crippen molar-refractivity contribution in [3.8, 4) is 11.4 Å². The van der Waals surface area contributed by atoms with Gasteiger partial charge in [0.15, 0.2) is 6.61 Å². The van der Waals surface area contributed by atoms with Gasteiger partial charge in [0.1, 0.15) is 12.3 Å². The average molecular weight is 419 g/mol. The maximum absolute atomic E-state index is 12.7. The molecule has 0 spiro atoms. The van der Waals surface area contributed by atoms with Crippen LogP contribution in [0, 0.1) is 6.92 Å². The van der Waals surface area contributed by atoms with Crippen molar-refractivity contribution in [1.82, 2.24) is 14.8 Å². The highest BCUT2D eigenvalue weighted by molar-refractivity contribution is 6.02. The number of anilines is 1. The standard InChI is InChI=1S/C22H21N5O4/c1-15-18(25(2)27(22(15)30)16-8-4-3-5-9-16)12-23-24-20(28)13-26-17-10-6-7-11-19(17)31-14-21(26)29/h3-12H,13-14H2,1-2H3,(H,24,28)/b23-12-. The van der Waals surface area contributed by atoms with Crippen LogP contribution in [0.5, 0.6) is 5.75 Å². The molecule has 9 heteroatoms. The lowest BCUT2D eigenvalue weighted by Gasteiger charge is -2.28. The molecule has 0 fully saturated rings. The molecule has 0 saturated heterocycles. The Labute approximate surface area is 178 Å². The molecule has 158 valence electrons. The highest BCUT2D eigenvalue weighted by atomic mass is 16.5. The molecular formula is C22H21N5O4. The second-order valence-electron chi connectivity index (χ2n) is 7.02. The minimum absolute atomic E-state index is 0.123. The van der Waals surface area contributed by atoms with Crippen molar-refractivity contribution >= 4 is 23.7 Å². The Morgan fingerprint density at radius 3 is 2.61 bits per heavy atom. The third-order valence-electron chi connectivity index (χ3n) is 5.03. The van der Waals surface area contributed by atoms with Crippen molar-refractivity contribution in [1.29, 1.82) is 0 Å². The number of aromatic nitrogens is 2. The molecule has 1 aromatic heterocycles. The first-order chi connectivity index (χ1) is 15.0. The first kappa shape index (κ1) is 20.1. The molecule has 1 N–H and O–H groups in total. The number of carbonyl (C=O) groups excluding carboxylic acids is 2. The number of fused-ring (bicyclic) bond motifs is 1. The Balaban J connectivity index is 1.49. The van der Waals surface area contributed by atoms with Gasteiger partial charge in [-0.2, -0.15) is 5.10 Å². The number of benzene rings is 2. The Morgan fingerprint density at radius 2 is 1.84 bits per heavy atom. The number of hydrogen-bond acceptors (Lipinski definition) is 5. The molecule has 1 aliphatic rings. The smallest absolute Gasteiger partial charge is 0.274 e. The minimum atomic E-state index is -0.466. The first-order valence-electron chi connectivity index (χ1n) is 9.65. The van der Waals surface area contributed by atoms with Crippen LogP contribution in [0.2, 0.25) is 0 Å². The maximum Gasteiger partial charge on any atom is 0.274 e. The van der Waals surface area contributed by atoms with E-state index < -0.39 is 5.91 Å². The molecule has 3 aromatic rings. The van der Waals surface area contributed by atoms with Gasteiger partial charge in [0.05, 0.1) is 23.3 Å². The van der Waals surface area contributed by atoms with Crippen LogP contribution in [0.3, 0.4) is 0 Å². The van der Waals surface area contributed by atoms with E-state index in [2.05, 4.69) is 10.5 Å². The number of carbonyl (C=O) groups is 2. The zero-order valence-electron chi connectivity index (χ0n) is 17.1. The number of amides is 2. The molecular weight excluding hydrogens is 398 g/mol. The summed E-state index contributed by atoms with van der Waals surface area (Å²) in [5, 5.41) is 3.99. The van der Waals surface area contributed by atoms with Crippen molar-refractivity contribution in [3.05, 3.63) is 76.2 Å². The number of nitrogens with one attached hydrogen (secondary N) is 1. The highest BCUT2D eigenvalue weighted by Crippen LogP contribution is 2.31. The van der Waals surface area contributed by atoms with E-state index in [-0.39, 0.29) is 24.6 Å². The lowest BCUT2D eigenvalue weighted by atomic mass is 10.2. The fourth-order valence-corrected chi connectivity index (χ4v) is 3.47. The maximum atomic E-state index is 12.7. The zero-order valence-corrected chi connectivity index (χ0v) is 17.1. The summed E-state index contributed by atoms with van der Waals surface area (Å²) >= 11 is 0. The van der Waals surface area contributed by atoms with Crippen molar-refractivity contribution in [2.45, 2.75) is 6.92 Å². The predicted octanol–water partition coefficient (Wildman–Crippen LogP) is 1.36. The molecule has 0 radical (unpaired) electrons. The van der Waals surface area contributed by atoms with Crippen LogP contribution in [0.15, 0.2) is 64.5 Å². The molecule has 0 bridgehead atoms. The van der Waals surface area contributed by atoms with E-state index in [1.54, 1.807) is 42.9 Å². The van der Waals surface area contributed by atoms with Crippen LogP contribution in [-0.2, 0) is 16.6 Å². The van der Waals surface area contributed by atoms with Crippen molar-refractivity contribution in [2.75, 3.05) is 18.1 Å². The number of rotatable bonds is 5. The summed E-state index contributed by atoms with van der Waals surface area (Å²) in [4.78, 5) is 38.6. The summed E-state index contributed by atoms with van der Waals surface area (Å²) in [6.45, 7) is 1.38. The molecule has 2 heterocycles. The van der Waals surface area contributed by atoms with E-state index in [9.17, 15) is 14.4 Å². The zero-order chi connectivity index (χ0) is 22.0. The third kappa shape index (κ3) is 3.85. The van der Waals surface area contributed by atoms with E-state index in [1.807, 2.05) is 30.3 Å². The van der Waals surface area contributed by atoms with Crippen LogP contribution in [0.25, 0.3) is 5.69 Å². The van der Waals surface area contributed by atoms with Gasteiger partial charge < -0.3 is 4.74 Å². The fraction of sp³-hybridized carbons (Fsp3) is 0.182. The molecule has 0 atom stereocenters. The Bertz CT molecular complexity index is 1230. The second-order valence-corrected chi connectivity index (χ2v) is 7.02. The van der Waals surface area contributed by atoms with Crippen LogP contribution in [0.4, 0.5) is 5.69 Å². The molecule has 2 aromatic carbocycles. The number of hydrazone groups is 1. The summed E-state index contributed by atoms with van der Waals surface area (Å²) in [6, 6.07) is 16.3. The average Bonchev–Trinajstić information content (AvgIpc) is 2.99. The van der Waals surface area contributed by atoms with Gasteiger partial charge in [-0.1, -0.05) is 30.3 Å². The van der Waals surface area contributed by atoms with Gasteiger partial charge in [-0.25, -0.2) is 10.1 Å². The van der Waals surface area contributed by atoms with Crippen LogP contribution >= 0.6 is 0 Å². The first-order valence-corrected chi connectivity index (χ1v) is 9.65. The third-order valence-corrected chi connectivity index (χ3v) is 5.03. The Hall–Kier alpha value is -4.14. The largest absolute Gasteiger partial charge is 0.482 e. The summed E-state index contributed by atoms with van der Waals surface area (Å²) in [7, 11) is 1.74. The summed E-state index contributed by atoms with van der Waals surface area (Å²) in [6.07, 6.45) is 1.42. The lowest BCUT2D eigenvalue weighted by molar-refractivity contribution is -0.125. The van der Waals surface area contributed by atoms with E-state index in [1.165, 1.54) is 15.8 Å². The van der Waals surface area contributed by atoms with E-state index >= 15 is 0 Å². The molecule has 31 heavy (non-hydrogen) atoms. The molecule has 2 amide bonds. The molecule has 0 saturated carbocycles. The number of nitrogens with zero attached hydrogens (tertiary/aromatic N) is 4. The summed E-state index contributed by atoms with van der Waals surface area (Å²) in [5.41, 5.74) is 4.58. The second kappa shape index (κ2) is 8.31. The Morgan fingerprint density at radius 1 is 1.13 bits per heavy atom. The molecule has 1 aliphatic heterocycles. The molecule has 4 rings (SSSR count). The van der Waals surface area contributed by atoms with Gasteiger partial charge >= 0.3 is 0 Å². The predicted molar refractivity (Wildman–Crippen MR) is 116 cm³/mol. The van der Waals surface area contributed by atoms with Crippen molar-refractivity contribution < 1.29 is 14.3 Å². The van der Waals surface area contributed by atoms with Gasteiger partial charge in [-0.15, -0.1) is 0 Å². The van der Waals surface area contributed by atoms with Crippen LogP contribution in [0.1, 0.15) is 11.3 Å². The SMILES string of the molecule is Cc1c(/C=N\NC(=O)CN2C(=O)COc3ccccc32)n(C)n(-c2ccccc2)c1=O. The number of ether oxygens (including phenoxy) is 1. The van der Waals surface area contributed by atoms with Gasteiger partial charge in [0.25, 0.3) is 17.4 Å². The molecule has 0 unspecified atom stereocenters. The fourth-order valence-electron chi connectivity index (χ4n) is 3.47. The van der Waals surface area contributed by atoms with Crippen molar-refractivity contribution in [3.63, 3.8) is 0 Å². The summed E-state index contributed by atoms with van der Waals surface area (Å²) in [5.74, 6) is -0.228. The lowest BCUT2D eigenvalue weighted by Crippen LogP contribution is -2.44. The van der Waals surface area contributed by atoms with E-state index in [0.29, 0.717) is 22.7 Å².